The molecule has 0 saturated heterocycles. The molecule has 1 aromatic heterocycles. The zero-order valence-electron chi connectivity index (χ0n) is 15.0. The number of benzene rings is 2. The van der Waals surface area contributed by atoms with Gasteiger partial charge in [-0.05, 0) is 55.3 Å². The summed E-state index contributed by atoms with van der Waals surface area (Å²) in [5, 5.41) is 0.624. The minimum Gasteiger partial charge on any atom is -0.468 e. The Morgan fingerprint density at radius 2 is 1.81 bits per heavy atom. The van der Waals surface area contributed by atoms with E-state index in [0.717, 1.165) is 16.7 Å². The summed E-state index contributed by atoms with van der Waals surface area (Å²) >= 11 is 6.03. The summed E-state index contributed by atoms with van der Waals surface area (Å²) < 4.78 is 30.5. The van der Waals surface area contributed by atoms with Gasteiger partial charge in [-0.15, -0.1) is 0 Å². The first-order valence-electron chi connectivity index (χ1n) is 8.20. The molecule has 5 nitrogen and oxygen atoms in total. The van der Waals surface area contributed by atoms with Crippen LogP contribution in [0, 0.1) is 6.92 Å². The van der Waals surface area contributed by atoms with Gasteiger partial charge in [0.05, 0.1) is 11.5 Å². The molecule has 3 aromatic rings. The highest BCUT2D eigenvalue weighted by Gasteiger charge is 2.17. The van der Waals surface area contributed by atoms with Crippen LogP contribution in [0.25, 0.3) is 11.1 Å². The van der Waals surface area contributed by atoms with E-state index < -0.39 is 10.0 Å². The van der Waals surface area contributed by atoms with Crippen molar-refractivity contribution < 1.29 is 17.9 Å². The molecule has 2 aromatic carbocycles. The van der Waals surface area contributed by atoms with E-state index in [1.165, 1.54) is 3.97 Å². The number of carbonyl (C=O) groups excluding carboxylic acids is 1. The van der Waals surface area contributed by atoms with Crippen molar-refractivity contribution >= 4 is 28.1 Å². The van der Waals surface area contributed by atoms with Gasteiger partial charge in [0.2, 0.25) is 0 Å². The van der Waals surface area contributed by atoms with Crippen LogP contribution in [0.1, 0.15) is 12.5 Å². The summed E-state index contributed by atoms with van der Waals surface area (Å²) in [6.45, 7) is 4.63. The van der Waals surface area contributed by atoms with Gasteiger partial charge in [0.25, 0.3) is 16.5 Å². The van der Waals surface area contributed by atoms with Crippen LogP contribution >= 0.6 is 11.6 Å². The lowest BCUT2D eigenvalue weighted by Crippen LogP contribution is -2.10. The maximum absolute atomic E-state index is 12.6. The maximum Gasteiger partial charge on any atom is 0.293 e. The lowest BCUT2D eigenvalue weighted by molar-refractivity contribution is -0.128. The maximum atomic E-state index is 12.6. The molecule has 3 rings (SSSR count). The van der Waals surface area contributed by atoms with Crippen LogP contribution in [-0.4, -0.2) is 25.5 Å². The van der Waals surface area contributed by atoms with Crippen molar-refractivity contribution in [2.75, 3.05) is 6.61 Å². The molecule has 0 atom stereocenters. The molecule has 142 valence electrons. The summed E-state index contributed by atoms with van der Waals surface area (Å²) in [4.78, 5) is 9.45. The molecule has 0 N–H and O–H groups in total. The predicted octanol–water partition coefficient (Wildman–Crippen LogP) is 4.53. The second-order valence-electron chi connectivity index (χ2n) is 5.56. The predicted molar refractivity (Wildman–Crippen MR) is 106 cm³/mol. The first-order chi connectivity index (χ1) is 12.9. The van der Waals surface area contributed by atoms with Gasteiger partial charge in [0.1, 0.15) is 0 Å². The average Bonchev–Trinajstić information content (AvgIpc) is 3.16. The monoisotopic (exact) mass is 405 g/mol. The van der Waals surface area contributed by atoms with Crippen molar-refractivity contribution in [2.24, 2.45) is 0 Å². The summed E-state index contributed by atoms with van der Waals surface area (Å²) in [5.41, 5.74) is 2.79. The number of carbonyl (C=O) groups is 1. The van der Waals surface area contributed by atoms with Gasteiger partial charge in [-0.3, -0.25) is 4.79 Å². The van der Waals surface area contributed by atoms with Gasteiger partial charge >= 0.3 is 0 Å². The van der Waals surface area contributed by atoms with Gasteiger partial charge in [0.15, 0.2) is 0 Å². The molecule has 0 bridgehead atoms. The fraction of sp³-hybridized carbons (Fsp3) is 0.150. The van der Waals surface area contributed by atoms with Crippen molar-refractivity contribution in [3.8, 4) is 11.1 Å². The van der Waals surface area contributed by atoms with Crippen LogP contribution in [0.15, 0.2) is 71.9 Å². The molecule has 0 fully saturated rings. The second-order valence-corrected chi connectivity index (χ2v) is 7.84. The number of nitrogens with zero attached hydrogens (tertiary/aromatic N) is 1. The van der Waals surface area contributed by atoms with Gasteiger partial charge < -0.3 is 4.74 Å². The fourth-order valence-corrected chi connectivity index (χ4v) is 3.76. The Hall–Kier alpha value is -2.57. The third kappa shape index (κ3) is 5.21. The van der Waals surface area contributed by atoms with E-state index in [1.807, 2.05) is 25.1 Å². The molecule has 7 heteroatoms. The highest BCUT2D eigenvalue weighted by atomic mass is 35.5. The molecule has 0 amide bonds. The van der Waals surface area contributed by atoms with Gasteiger partial charge in [-0.2, -0.15) is 0 Å². The number of aryl methyl sites for hydroxylation is 1. The lowest BCUT2D eigenvalue weighted by Gasteiger charge is -2.06. The number of halogens is 1. The third-order valence-corrected chi connectivity index (χ3v) is 5.62. The lowest BCUT2D eigenvalue weighted by atomic mass is 10.0. The zero-order chi connectivity index (χ0) is 19.9. The van der Waals surface area contributed by atoms with Gasteiger partial charge in [-0.25, -0.2) is 12.4 Å². The van der Waals surface area contributed by atoms with Crippen molar-refractivity contribution in [2.45, 2.75) is 18.7 Å². The molecule has 0 radical (unpaired) electrons. The van der Waals surface area contributed by atoms with Crippen molar-refractivity contribution in [1.82, 2.24) is 3.97 Å². The van der Waals surface area contributed by atoms with E-state index in [0.29, 0.717) is 18.1 Å². The Morgan fingerprint density at radius 3 is 2.41 bits per heavy atom. The zero-order valence-corrected chi connectivity index (χ0v) is 16.6. The summed E-state index contributed by atoms with van der Waals surface area (Å²) in [6, 6.07) is 15.7. The number of hydrogen-bond donors (Lipinski definition) is 0. The normalized spacial score (nSPS) is 10.6. The van der Waals surface area contributed by atoms with Crippen molar-refractivity contribution in [3.05, 3.63) is 77.6 Å². The molecular formula is C20H20ClNO4S. The van der Waals surface area contributed by atoms with Gasteiger partial charge in [0, 0.05) is 23.0 Å². The highest BCUT2D eigenvalue weighted by Crippen LogP contribution is 2.28. The van der Waals surface area contributed by atoms with Gasteiger partial charge in [-0.1, -0.05) is 35.9 Å². The molecule has 27 heavy (non-hydrogen) atoms. The molecule has 0 unspecified atom stereocenters. The Labute approximate surface area is 164 Å². The molecule has 0 spiro atoms. The smallest absolute Gasteiger partial charge is 0.293 e. The number of ether oxygens (including phenoxy) is 1. The first kappa shape index (κ1) is 20.7. The van der Waals surface area contributed by atoms with Crippen LogP contribution in [0.3, 0.4) is 0 Å². The average molecular weight is 406 g/mol. The minimum atomic E-state index is -3.57. The van der Waals surface area contributed by atoms with Crippen molar-refractivity contribution in [1.29, 1.82) is 0 Å². The standard InChI is InChI=1S/C17H14ClNO2S.C3H6O2/c1-13-7-8-15(18)11-17(13)14-9-10-19(12-14)22(20,21)16-5-3-2-4-6-16;1-2-5-3-4/h2-12H,1H3;3H,2H2,1H3. The molecule has 0 aliphatic heterocycles. The van der Waals surface area contributed by atoms with E-state index in [9.17, 15) is 13.2 Å². The number of hydrogen-bond acceptors (Lipinski definition) is 4. The Balaban J connectivity index is 0.000000465. The van der Waals surface area contributed by atoms with E-state index in [-0.39, 0.29) is 4.90 Å². The largest absolute Gasteiger partial charge is 0.468 e. The van der Waals surface area contributed by atoms with Crippen LogP contribution < -0.4 is 0 Å². The summed E-state index contributed by atoms with van der Waals surface area (Å²) in [5.74, 6) is 0. The molecule has 0 saturated carbocycles. The van der Waals surface area contributed by atoms with Crippen LogP contribution in [0.5, 0.6) is 0 Å². The van der Waals surface area contributed by atoms with Crippen molar-refractivity contribution in [3.63, 3.8) is 0 Å². The SMILES string of the molecule is CCOC=O.Cc1ccc(Cl)cc1-c1ccn(S(=O)(=O)c2ccccc2)c1. The fourth-order valence-electron chi connectivity index (χ4n) is 2.37. The van der Waals surface area contributed by atoms with Crippen LogP contribution in [0.4, 0.5) is 0 Å². The van der Waals surface area contributed by atoms with Crippen LogP contribution in [-0.2, 0) is 19.6 Å². The molecule has 1 heterocycles. The molecule has 0 aliphatic rings. The summed E-state index contributed by atoms with van der Waals surface area (Å²) in [7, 11) is -3.57. The van der Waals surface area contributed by atoms with E-state index in [1.54, 1.807) is 55.7 Å². The second kappa shape index (κ2) is 9.39. The Kier molecular flexibility index (Phi) is 7.21. The number of rotatable bonds is 5. The topological polar surface area (TPSA) is 65.4 Å². The summed E-state index contributed by atoms with van der Waals surface area (Å²) in [6.07, 6.45) is 3.17. The van der Waals surface area contributed by atoms with E-state index in [2.05, 4.69) is 4.74 Å². The van der Waals surface area contributed by atoms with E-state index >= 15 is 0 Å². The first-order valence-corrected chi connectivity index (χ1v) is 10.0. The van der Waals surface area contributed by atoms with Crippen LogP contribution in [0.2, 0.25) is 5.02 Å². The molecular weight excluding hydrogens is 386 g/mol. The third-order valence-electron chi connectivity index (χ3n) is 3.73. The van der Waals surface area contributed by atoms with E-state index in [4.69, 9.17) is 11.6 Å². The quantitative estimate of drug-likeness (QED) is 0.585. The highest BCUT2D eigenvalue weighted by molar-refractivity contribution is 7.90. The Bertz CT molecular complexity index is 998. The Morgan fingerprint density at radius 1 is 1.11 bits per heavy atom. The minimum absolute atomic E-state index is 0.264. The number of aromatic nitrogens is 1. The molecule has 0 aliphatic carbocycles.